The molecule has 4 rings (SSSR count). The average Bonchev–Trinajstić information content (AvgIpc) is 2.78. The lowest BCUT2D eigenvalue weighted by molar-refractivity contribution is -0.274. The summed E-state index contributed by atoms with van der Waals surface area (Å²) in [7, 11) is 0. The fourth-order valence-corrected chi connectivity index (χ4v) is 4.06. The van der Waals surface area contributed by atoms with E-state index in [9.17, 15) is 13.2 Å². The van der Waals surface area contributed by atoms with Crippen LogP contribution in [-0.2, 0) is 11.2 Å². The maximum Gasteiger partial charge on any atom is 0.573 e. The van der Waals surface area contributed by atoms with Gasteiger partial charge in [-0.1, -0.05) is 66.7 Å². The fourth-order valence-electron chi connectivity index (χ4n) is 4.06. The molecule has 0 aromatic heterocycles. The van der Waals surface area contributed by atoms with Crippen molar-refractivity contribution in [3.8, 4) is 16.9 Å². The van der Waals surface area contributed by atoms with E-state index in [2.05, 4.69) is 28.3 Å². The lowest BCUT2D eigenvalue weighted by atomic mass is 9.84. The largest absolute Gasteiger partial charge is 0.573 e. The highest BCUT2D eigenvalue weighted by Crippen LogP contribution is 2.33. The van der Waals surface area contributed by atoms with Crippen LogP contribution in [-0.4, -0.2) is 32.2 Å². The summed E-state index contributed by atoms with van der Waals surface area (Å²) in [6.07, 6.45) is -3.89. The zero-order chi connectivity index (χ0) is 21.7. The molecule has 0 bridgehead atoms. The molecule has 0 saturated carbocycles. The summed E-state index contributed by atoms with van der Waals surface area (Å²) in [5.41, 5.74) is 4.17. The van der Waals surface area contributed by atoms with Crippen LogP contribution in [0.1, 0.15) is 17.0 Å². The second-order valence-corrected chi connectivity index (χ2v) is 7.56. The molecule has 2 atom stereocenters. The fraction of sp³-hybridized carbons (Fsp3) is 0.280. The number of alkyl halides is 3. The molecular weight excluding hydrogens is 403 g/mol. The minimum atomic E-state index is -4.70. The predicted octanol–water partition coefficient (Wildman–Crippen LogP) is 5.57. The molecule has 1 heterocycles. The number of hydrogen-bond donors (Lipinski definition) is 1. The molecule has 1 N–H and O–H groups in total. The van der Waals surface area contributed by atoms with Crippen LogP contribution in [0.3, 0.4) is 0 Å². The minimum Gasteiger partial charge on any atom is -0.406 e. The maximum absolute atomic E-state index is 12.5. The van der Waals surface area contributed by atoms with Crippen LogP contribution in [0.15, 0.2) is 78.9 Å². The first-order valence-corrected chi connectivity index (χ1v) is 10.3. The molecule has 1 saturated heterocycles. The van der Waals surface area contributed by atoms with Crippen molar-refractivity contribution in [2.24, 2.45) is 0 Å². The van der Waals surface area contributed by atoms with Gasteiger partial charge in [-0.2, -0.15) is 0 Å². The van der Waals surface area contributed by atoms with Gasteiger partial charge in [-0.15, -0.1) is 13.2 Å². The Morgan fingerprint density at radius 2 is 1.65 bits per heavy atom. The Hall–Kier alpha value is -2.83. The van der Waals surface area contributed by atoms with Crippen molar-refractivity contribution in [1.29, 1.82) is 0 Å². The second kappa shape index (κ2) is 9.54. The highest BCUT2D eigenvalue weighted by Gasteiger charge is 2.31. The Kier molecular flexibility index (Phi) is 6.59. The first-order chi connectivity index (χ1) is 15.0. The molecule has 0 unspecified atom stereocenters. The van der Waals surface area contributed by atoms with E-state index in [0.29, 0.717) is 6.61 Å². The molecule has 0 spiro atoms. The van der Waals surface area contributed by atoms with Crippen LogP contribution < -0.4 is 10.1 Å². The first kappa shape index (κ1) is 21.4. The second-order valence-electron chi connectivity index (χ2n) is 7.56. The van der Waals surface area contributed by atoms with E-state index in [1.54, 1.807) is 12.1 Å². The van der Waals surface area contributed by atoms with Gasteiger partial charge in [-0.25, -0.2) is 0 Å². The van der Waals surface area contributed by atoms with E-state index in [1.807, 2.05) is 36.4 Å². The highest BCUT2D eigenvalue weighted by atomic mass is 19.4. The van der Waals surface area contributed by atoms with Crippen LogP contribution >= 0.6 is 0 Å². The van der Waals surface area contributed by atoms with Crippen LogP contribution in [0.4, 0.5) is 13.2 Å². The van der Waals surface area contributed by atoms with Gasteiger partial charge in [0, 0.05) is 19.0 Å². The molecule has 1 aliphatic heterocycles. The van der Waals surface area contributed by atoms with Gasteiger partial charge >= 0.3 is 6.36 Å². The highest BCUT2D eigenvalue weighted by molar-refractivity contribution is 5.68. The SMILES string of the molecule is FC(F)(F)Oc1ccc(-c2ccccc2C[C@@H](c2ccccc2)[C@@H]2CNCCO2)cc1. The summed E-state index contributed by atoms with van der Waals surface area (Å²) in [4.78, 5) is 0. The molecule has 6 heteroatoms. The Balaban J connectivity index is 1.62. The molecule has 0 radical (unpaired) electrons. The summed E-state index contributed by atoms with van der Waals surface area (Å²) < 4.78 is 47.5. The third-order valence-electron chi connectivity index (χ3n) is 5.49. The lowest BCUT2D eigenvalue weighted by Crippen LogP contribution is -2.42. The van der Waals surface area contributed by atoms with Gasteiger partial charge in [-0.3, -0.25) is 0 Å². The molecule has 31 heavy (non-hydrogen) atoms. The van der Waals surface area contributed by atoms with E-state index < -0.39 is 6.36 Å². The molecule has 3 aromatic rings. The van der Waals surface area contributed by atoms with Gasteiger partial charge in [0.25, 0.3) is 0 Å². The Bertz CT molecular complexity index is 968. The van der Waals surface area contributed by atoms with Crippen LogP contribution in [0.25, 0.3) is 11.1 Å². The van der Waals surface area contributed by atoms with Crippen LogP contribution in [0.2, 0.25) is 0 Å². The number of morpholine rings is 1. The van der Waals surface area contributed by atoms with Gasteiger partial charge in [0.15, 0.2) is 0 Å². The minimum absolute atomic E-state index is 0.0479. The van der Waals surface area contributed by atoms with Crippen molar-refractivity contribution in [1.82, 2.24) is 5.32 Å². The van der Waals surface area contributed by atoms with Crippen molar-refractivity contribution in [3.05, 3.63) is 90.0 Å². The standard InChI is InChI=1S/C25H24F3NO2/c26-25(27,28)31-21-12-10-19(11-13-21)22-9-5-4-8-20(22)16-23(18-6-2-1-3-7-18)24-17-29-14-15-30-24/h1-13,23-24,29H,14-17H2/t23-,24-/m0/s1. The van der Waals surface area contributed by atoms with Crippen molar-refractivity contribution in [3.63, 3.8) is 0 Å². The topological polar surface area (TPSA) is 30.5 Å². The summed E-state index contributed by atoms with van der Waals surface area (Å²) in [5.74, 6) is -0.0689. The molecule has 1 aliphatic rings. The lowest BCUT2D eigenvalue weighted by Gasteiger charge is -2.32. The maximum atomic E-state index is 12.5. The Morgan fingerprint density at radius 3 is 2.32 bits per heavy atom. The Morgan fingerprint density at radius 1 is 0.935 bits per heavy atom. The average molecular weight is 427 g/mol. The molecule has 3 nitrogen and oxygen atoms in total. The van der Waals surface area contributed by atoms with Crippen LogP contribution in [0, 0.1) is 0 Å². The van der Waals surface area contributed by atoms with E-state index in [4.69, 9.17) is 4.74 Å². The summed E-state index contributed by atoms with van der Waals surface area (Å²) >= 11 is 0. The first-order valence-electron chi connectivity index (χ1n) is 10.3. The molecule has 3 aromatic carbocycles. The van der Waals surface area contributed by atoms with Crippen molar-refractivity contribution in [2.75, 3.05) is 19.7 Å². The van der Waals surface area contributed by atoms with Crippen molar-refractivity contribution < 1.29 is 22.6 Å². The van der Waals surface area contributed by atoms with Crippen molar-refractivity contribution in [2.45, 2.75) is 24.8 Å². The zero-order valence-corrected chi connectivity index (χ0v) is 16.9. The van der Waals surface area contributed by atoms with Crippen LogP contribution in [0.5, 0.6) is 5.75 Å². The van der Waals surface area contributed by atoms with Gasteiger partial charge in [-0.05, 0) is 40.8 Å². The molecule has 0 aliphatic carbocycles. The molecule has 1 fully saturated rings. The smallest absolute Gasteiger partial charge is 0.406 e. The summed E-state index contributed by atoms with van der Waals surface area (Å²) in [5, 5.41) is 3.41. The molecule has 162 valence electrons. The number of ether oxygens (including phenoxy) is 2. The molecule has 0 amide bonds. The number of halogens is 3. The van der Waals surface area contributed by atoms with E-state index in [-0.39, 0.29) is 17.8 Å². The monoisotopic (exact) mass is 427 g/mol. The summed E-state index contributed by atoms with van der Waals surface area (Å²) in [6.45, 7) is 2.31. The van der Waals surface area contributed by atoms with E-state index >= 15 is 0 Å². The van der Waals surface area contributed by atoms with Gasteiger partial charge in [0.2, 0.25) is 0 Å². The van der Waals surface area contributed by atoms with Gasteiger partial charge in [0.1, 0.15) is 5.75 Å². The Labute approximate surface area is 179 Å². The predicted molar refractivity (Wildman–Crippen MR) is 114 cm³/mol. The van der Waals surface area contributed by atoms with Gasteiger partial charge < -0.3 is 14.8 Å². The number of hydrogen-bond acceptors (Lipinski definition) is 3. The van der Waals surface area contributed by atoms with Crippen molar-refractivity contribution >= 4 is 0 Å². The van der Waals surface area contributed by atoms with Gasteiger partial charge in [0.05, 0.1) is 12.7 Å². The summed E-state index contributed by atoms with van der Waals surface area (Å²) in [6, 6.07) is 24.3. The number of rotatable bonds is 6. The third-order valence-corrected chi connectivity index (χ3v) is 5.49. The normalized spacial score (nSPS) is 17.8. The van der Waals surface area contributed by atoms with E-state index in [0.717, 1.165) is 36.2 Å². The number of nitrogens with one attached hydrogen (secondary N) is 1. The quantitative estimate of drug-likeness (QED) is 0.558. The zero-order valence-electron chi connectivity index (χ0n) is 16.9. The molecular formula is C25H24F3NO2. The third kappa shape index (κ3) is 5.66. The van der Waals surface area contributed by atoms with E-state index in [1.165, 1.54) is 17.7 Å². The number of benzene rings is 3.